The van der Waals surface area contributed by atoms with Gasteiger partial charge >= 0.3 is 11.9 Å². The molecule has 0 fully saturated rings. The average molecular weight is 421 g/mol. The number of carbonyl (C=O) groups is 2. The number of carbonyl (C=O) groups excluding carboxylic acids is 2. The molecule has 4 nitrogen and oxygen atoms in total. The van der Waals surface area contributed by atoms with E-state index in [2.05, 4.69) is 25.3 Å². The summed E-state index contributed by atoms with van der Waals surface area (Å²) in [7, 11) is 0. The Kier molecular flexibility index (Phi) is 22.0. The number of cyclic esters (lactones) is 1. The van der Waals surface area contributed by atoms with Crippen LogP contribution in [-0.4, -0.2) is 25.2 Å². The Morgan fingerprint density at radius 2 is 1.57 bits per heavy atom. The Morgan fingerprint density at radius 1 is 0.900 bits per heavy atom. The molecule has 0 saturated carbocycles. The molecule has 0 N–H and O–H groups in total. The van der Waals surface area contributed by atoms with Crippen molar-refractivity contribution in [1.29, 1.82) is 0 Å². The van der Waals surface area contributed by atoms with E-state index in [1.165, 1.54) is 51.4 Å². The lowest BCUT2D eigenvalue weighted by atomic mass is 10.1. The van der Waals surface area contributed by atoms with E-state index in [1.807, 2.05) is 6.08 Å². The fraction of sp³-hybridized carbons (Fsp3) is 0.692. The fourth-order valence-corrected chi connectivity index (χ4v) is 3.03. The van der Waals surface area contributed by atoms with Gasteiger partial charge in [0.2, 0.25) is 0 Å². The van der Waals surface area contributed by atoms with E-state index in [-0.39, 0.29) is 11.9 Å². The molecule has 0 amide bonds. The summed E-state index contributed by atoms with van der Waals surface area (Å²) < 4.78 is 10.1. The molecule has 0 spiro atoms. The van der Waals surface area contributed by atoms with Gasteiger partial charge in [0.15, 0.2) is 0 Å². The van der Waals surface area contributed by atoms with Crippen LogP contribution in [0.4, 0.5) is 0 Å². The zero-order valence-corrected chi connectivity index (χ0v) is 19.1. The van der Waals surface area contributed by atoms with Crippen LogP contribution in [-0.2, 0) is 19.1 Å². The second-order valence-electron chi connectivity index (χ2n) is 7.68. The molecule has 0 aromatic rings. The van der Waals surface area contributed by atoms with Crippen LogP contribution >= 0.6 is 0 Å². The van der Waals surface area contributed by atoms with Gasteiger partial charge in [0.1, 0.15) is 0 Å². The van der Waals surface area contributed by atoms with Gasteiger partial charge in [-0.2, -0.15) is 0 Å². The Labute approximate surface area is 184 Å². The van der Waals surface area contributed by atoms with Gasteiger partial charge in [-0.05, 0) is 51.4 Å². The van der Waals surface area contributed by atoms with Crippen molar-refractivity contribution in [2.75, 3.05) is 13.2 Å². The highest BCUT2D eigenvalue weighted by molar-refractivity contribution is 5.69. The van der Waals surface area contributed by atoms with E-state index in [0.717, 1.165) is 38.5 Å². The number of esters is 2. The van der Waals surface area contributed by atoms with Gasteiger partial charge < -0.3 is 9.47 Å². The Balaban J connectivity index is 0.000000564. The SMILES string of the molecule is C=CCCCCCCCC(=O)OCCC=C.O=C1CCCCCCCC=CCCO1. The van der Waals surface area contributed by atoms with Gasteiger partial charge in [0.25, 0.3) is 0 Å². The first-order valence-electron chi connectivity index (χ1n) is 11.9. The number of allylic oxidation sites excluding steroid dienone is 2. The van der Waals surface area contributed by atoms with Crippen LogP contribution in [0.3, 0.4) is 0 Å². The van der Waals surface area contributed by atoms with Crippen molar-refractivity contribution < 1.29 is 19.1 Å². The molecule has 172 valence electrons. The third-order valence-corrected chi connectivity index (χ3v) is 4.84. The van der Waals surface area contributed by atoms with Crippen LogP contribution in [0.15, 0.2) is 37.5 Å². The van der Waals surface area contributed by atoms with E-state index >= 15 is 0 Å². The quantitative estimate of drug-likeness (QED) is 0.201. The normalized spacial score (nSPS) is 15.3. The molecule has 0 saturated heterocycles. The summed E-state index contributed by atoms with van der Waals surface area (Å²) in [6.07, 6.45) is 24.8. The van der Waals surface area contributed by atoms with Gasteiger partial charge in [-0.1, -0.05) is 62.8 Å². The summed E-state index contributed by atoms with van der Waals surface area (Å²) in [4.78, 5) is 22.3. The Morgan fingerprint density at radius 3 is 2.37 bits per heavy atom. The molecule has 1 rings (SSSR count). The third-order valence-electron chi connectivity index (χ3n) is 4.84. The molecular weight excluding hydrogens is 376 g/mol. The summed E-state index contributed by atoms with van der Waals surface area (Å²) in [5.74, 6) is -0.106. The minimum absolute atomic E-state index is 0.0300. The minimum atomic E-state index is -0.0760. The van der Waals surface area contributed by atoms with E-state index < -0.39 is 0 Å². The predicted octanol–water partition coefficient (Wildman–Crippen LogP) is 7.24. The maximum atomic E-state index is 11.2. The maximum absolute atomic E-state index is 11.2. The van der Waals surface area contributed by atoms with Gasteiger partial charge in [-0.3, -0.25) is 9.59 Å². The number of hydrogen-bond donors (Lipinski definition) is 0. The molecular formula is C26H44O4. The van der Waals surface area contributed by atoms with Crippen LogP contribution in [0.2, 0.25) is 0 Å². The smallest absolute Gasteiger partial charge is 0.305 e. The van der Waals surface area contributed by atoms with Gasteiger partial charge in [0.05, 0.1) is 13.2 Å². The number of rotatable bonds is 11. The first-order valence-corrected chi connectivity index (χ1v) is 11.9. The van der Waals surface area contributed by atoms with Crippen molar-refractivity contribution in [3.05, 3.63) is 37.5 Å². The minimum Gasteiger partial charge on any atom is -0.465 e. The van der Waals surface area contributed by atoms with Gasteiger partial charge in [-0.25, -0.2) is 0 Å². The summed E-state index contributed by atoms with van der Waals surface area (Å²) >= 11 is 0. The van der Waals surface area contributed by atoms with Crippen LogP contribution in [0.5, 0.6) is 0 Å². The van der Waals surface area contributed by atoms with Crippen LogP contribution < -0.4 is 0 Å². The van der Waals surface area contributed by atoms with Crippen LogP contribution in [0.1, 0.15) is 103 Å². The van der Waals surface area contributed by atoms with E-state index in [0.29, 0.717) is 26.1 Å². The average Bonchev–Trinajstić information content (AvgIpc) is 2.76. The lowest BCUT2D eigenvalue weighted by molar-refractivity contribution is -0.144. The summed E-state index contributed by atoms with van der Waals surface area (Å²) in [5, 5.41) is 0. The standard InChI is InChI=1S/C14H24O2.C12H20O2/c1-3-5-7-8-9-10-11-12-14(15)16-13-6-4-2;13-12-10-8-6-4-2-1-3-5-7-9-11-14-12/h3-4H,1-2,5-13H2;5,7H,1-4,6,8-11H2. The molecule has 1 heterocycles. The zero-order chi connectivity index (χ0) is 22.1. The number of hydrogen-bond acceptors (Lipinski definition) is 4. The highest BCUT2D eigenvalue weighted by Crippen LogP contribution is 2.09. The van der Waals surface area contributed by atoms with Crippen molar-refractivity contribution in [3.63, 3.8) is 0 Å². The fourth-order valence-electron chi connectivity index (χ4n) is 3.03. The molecule has 0 bridgehead atoms. The molecule has 0 aliphatic carbocycles. The van der Waals surface area contributed by atoms with Crippen molar-refractivity contribution in [3.8, 4) is 0 Å². The lowest BCUT2D eigenvalue weighted by Gasteiger charge is -2.03. The molecule has 0 atom stereocenters. The van der Waals surface area contributed by atoms with Crippen molar-refractivity contribution in [2.24, 2.45) is 0 Å². The third kappa shape index (κ3) is 22.4. The molecule has 0 radical (unpaired) electrons. The van der Waals surface area contributed by atoms with Gasteiger partial charge in [-0.15, -0.1) is 13.2 Å². The predicted molar refractivity (Wildman–Crippen MR) is 125 cm³/mol. The lowest BCUT2D eigenvalue weighted by Crippen LogP contribution is -2.04. The van der Waals surface area contributed by atoms with E-state index in [4.69, 9.17) is 9.47 Å². The molecule has 0 unspecified atom stereocenters. The summed E-state index contributed by atoms with van der Waals surface area (Å²) in [5.41, 5.74) is 0. The molecule has 1 aliphatic rings. The molecule has 0 aromatic heterocycles. The summed E-state index contributed by atoms with van der Waals surface area (Å²) in [6.45, 7) is 8.28. The van der Waals surface area contributed by atoms with Crippen molar-refractivity contribution >= 4 is 11.9 Å². The molecule has 4 heteroatoms. The van der Waals surface area contributed by atoms with Crippen molar-refractivity contribution in [1.82, 2.24) is 0 Å². The van der Waals surface area contributed by atoms with E-state index in [1.54, 1.807) is 6.08 Å². The topological polar surface area (TPSA) is 52.6 Å². The van der Waals surface area contributed by atoms with Crippen LogP contribution in [0.25, 0.3) is 0 Å². The second kappa shape index (κ2) is 23.4. The monoisotopic (exact) mass is 420 g/mol. The van der Waals surface area contributed by atoms with Gasteiger partial charge in [0, 0.05) is 12.8 Å². The number of ether oxygens (including phenoxy) is 2. The Hall–Kier alpha value is -1.84. The first kappa shape index (κ1) is 28.2. The Bertz CT molecular complexity index is 468. The van der Waals surface area contributed by atoms with Crippen molar-refractivity contribution in [2.45, 2.75) is 103 Å². The molecule has 30 heavy (non-hydrogen) atoms. The summed E-state index contributed by atoms with van der Waals surface area (Å²) in [6, 6.07) is 0. The maximum Gasteiger partial charge on any atom is 0.305 e. The van der Waals surface area contributed by atoms with Crippen LogP contribution in [0, 0.1) is 0 Å². The largest absolute Gasteiger partial charge is 0.465 e. The number of unbranched alkanes of at least 4 members (excludes halogenated alkanes) is 5. The first-order chi connectivity index (χ1) is 14.7. The highest BCUT2D eigenvalue weighted by Gasteiger charge is 2.02. The molecule has 0 aromatic carbocycles. The van der Waals surface area contributed by atoms with E-state index in [9.17, 15) is 9.59 Å². The second-order valence-corrected chi connectivity index (χ2v) is 7.68. The zero-order valence-electron chi connectivity index (χ0n) is 19.1. The molecule has 1 aliphatic heterocycles. The highest BCUT2D eigenvalue weighted by atomic mass is 16.5.